The minimum absolute atomic E-state index is 0.113. The quantitative estimate of drug-likeness (QED) is 0.630. The van der Waals surface area contributed by atoms with Crippen LogP contribution in [-0.4, -0.2) is 43.3 Å². The van der Waals surface area contributed by atoms with Gasteiger partial charge in [0, 0.05) is 12.1 Å². The number of benzene rings is 1. The van der Waals surface area contributed by atoms with E-state index < -0.39 is 11.4 Å². The normalized spacial score (nSPS) is 15.5. The molecule has 28 heavy (non-hydrogen) atoms. The molecule has 1 aliphatic rings. The van der Waals surface area contributed by atoms with Gasteiger partial charge in [0.15, 0.2) is 11.5 Å². The van der Waals surface area contributed by atoms with Gasteiger partial charge in [-0.1, -0.05) is 19.3 Å². The van der Waals surface area contributed by atoms with Crippen molar-refractivity contribution in [1.82, 2.24) is 5.32 Å². The monoisotopic (exact) mass is 393 g/mol. The van der Waals surface area contributed by atoms with Crippen molar-refractivity contribution in [2.75, 3.05) is 26.4 Å². The molecule has 1 aromatic rings. The van der Waals surface area contributed by atoms with Gasteiger partial charge in [0.05, 0.1) is 25.2 Å². The van der Waals surface area contributed by atoms with Gasteiger partial charge in [0.25, 0.3) is 5.91 Å². The molecule has 2 rings (SSSR count). The van der Waals surface area contributed by atoms with E-state index in [9.17, 15) is 14.7 Å². The summed E-state index contributed by atoms with van der Waals surface area (Å²) in [5.41, 5.74) is -0.531. The average molecular weight is 393 g/mol. The fourth-order valence-corrected chi connectivity index (χ4v) is 3.57. The van der Waals surface area contributed by atoms with Gasteiger partial charge >= 0.3 is 5.97 Å². The third kappa shape index (κ3) is 5.09. The van der Waals surface area contributed by atoms with Gasteiger partial charge in [-0.2, -0.15) is 0 Å². The van der Waals surface area contributed by atoms with Gasteiger partial charge in [-0.15, -0.1) is 0 Å². The maximum atomic E-state index is 12.8. The lowest BCUT2D eigenvalue weighted by Crippen LogP contribution is -2.44. The molecule has 1 fully saturated rings. The van der Waals surface area contributed by atoms with Gasteiger partial charge in [-0.3, -0.25) is 9.59 Å². The molecule has 1 aliphatic carbocycles. The number of aliphatic carboxylic acids is 1. The molecule has 0 bridgehead atoms. The van der Waals surface area contributed by atoms with Crippen LogP contribution < -0.4 is 19.5 Å². The zero-order valence-electron chi connectivity index (χ0n) is 17.0. The maximum Gasteiger partial charge on any atom is 0.311 e. The Morgan fingerprint density at radius 1 is 0.964 bits per heavy atom. The highest BCUT2D eigenvalue weighted by atomic mass is 16.5. The van der Waals surface area contributed by atoms with Crippen molar-refractivity contribution in [3.05, 3.63) is 17.7 Å². The second kappa shape index (κ2) is 10.2. The lowest BCUT2D eigenvalue weighted by Gasteiger charge is -2.33. The molecule has 1 aromatic carbocycles. The topological polar surface area (TPSA) is 94.1 Å². The number of carbonyl (C=O) groups excluding carboxylic acids is 1. The van der Waals surface area contributed by atoms with Crippen LogP contribution in [0.2, 0.25) is 0 Å². The molecular formula is C21H31NO6. The van der Waals surface area contributed by atoms with E-state index in [1.807, 2.05) is 20.8 Å². The van der Waals surface area contributed by atoms with Gasteiger partial charge in [-0.25, -0.2) is 0 Å². The first-order chi connectivity index (χ1) is 13.5. The molecule has 0 aromatic heterocycles. The summed E-state index contributed by atoms with van der Waals surface area (Å²) in [5, 5.41) is 12.5. The zero-order chi connectivity index (χ0) is 20.6. The van der Waals surface area contributed by atoms with Crippen LogP contribution in [0.4, 0.5) is 0 Å². The number of hydrogen-bond donors (Lipinski definition) is 2. The summed E-state index contributed by atoms with van der Waals surface area (Å²) in [4.78, 5) is 24.6. The van der Waals surface area contributed by atoms with E-state index in [4.69, 9.17) is 14.2 Å². The Hall–Kier alpha value is -2.44. The summed E-state index contributed by atoms with van der Waals surface area (Å²) < 4.78 is 16.9. The number of ether oxygens (including phenoxy) is 3. The Balaban J connectivity index is 2.24. The summed E-state index contributed by atoms with van der Waals surface area (Å²) in [7, 11) is 0. The zero-order valence-corrected chi connectivity index (χ0v) is 17.0. The summed E-state index contributed by atoms with van der Waals surface area (Å²) in [6.07, 6.45) is 3.94. The van der Waals surface area contributed by atoms with Crippen molar-refractivity contribution in [2.45, 2.75) is 52.9 Å². The SMILES string of the molecule is CCOc1cc(C(=O)NCC2(C(=O)O)CCCCC2)cc(OCC)c1OCC. The molecule has 0 aliphatic heterocycles. The molecule has 0 saturated heterocycles. The Morgan fingerprint density at radius 2 is 1.50 bits per heavy atom. The second-order valence-electron chi connectivity index (χ2n) is 6.93. The van der Waals surface area contributed by atoms with Crippen LogP contribution >= 0.6 is 0 Å². The van der Waals surface area contributed by atoms with Crippen LogP contribution in [-0.2, 0) is 4.79 Å². The number of carbonyl (C=O) groups is 2. The summed E-state index contributed by atoms with van der Waals surface area (Å²) in [6.45, 7) is 6.94. The van der Waals surface area contributed by atoms with Crippen molar-refractivity contribution >= 4 is 11.9 Å². The van der Waals surface area contributed by atoms with Gasteiger partial charge in [-0.05, 0) is 45.7 Å². The number of carboxylic acid groups (broad SMARTS) is 1. The third-order valence-electron chi connectivity index (χ3n) is 5.02. The Labute approximate surface area is 166 Å². The first kappa shape index (κ1) is 21.9. The van der Waals surface area contributed by atoms with Crippen LogP contribution in [0.15, 0.2) is 12.1 Å². The molecule has 1 amide bonds. The maximum absolute atomic E-state index is 12.8. The molecule has 0 atom stereocenters. The van der Waals surface area contributed by atoms with E-state index >= 15 is 0 Å². The van der Waals surface area contributed by atoms with Gasteiger partial charge < -0.3 is 24.6 Å². The smallest absolute Gasteiger partial charge is 0.311 e. The Morgan fingerprint density at radius 3 is 1.96 bits per heavy atom. The molecule has 0 spiro atoms. The van der Waals surface area contributed by atoms with Crippen LogP contribution in [0.5, 0.6) is 17.2 Å². The van der Waals surface area contributed by atoms with Gasteiger partial charge in [0.1, 0.15) is 0 Å². The van der Waals surface area contributed by atoms with Crippen molar-refractivity contribution in [3.8, 4) is 17.2 Å². The first-order valence-electron chi connectivity index (χ1n) is 10.1. The average Bonchev–Trinajstić information content (AvgIpc) is 2.69. The highest BCUT2D eigenvalue weighted by molar-refractivity contribution is 5.96. The lowest BCUT2D eigenvalue weighted by atomic mass is 9.74. The van der Waals surface area contributed by atoms with E-state index in [0.717, 1.165) is 19.3 Å². The number of rotatable bonds is 10. The number of carboxylic acids is 1. The largest absolute Gasteiger partial charge is 0.490 e. The predicted octanol–water partition coefficient (Wildman–Crippen LogP) is 3.65. The minimum Gasteiger partial charge on any atom is -0.490 e. The van der Waals surface area contributed by atoms with E-state index in [1.54, 1.807) is 12.1 Å². The molecule has 0 heterocycles. The molecule has 2 N–H and O–H groups in total. The Kier molecular flexibility index (Phi) is 7.96. The molecule has 0 radical (unpaired) electrons. The standard InChI is InChI=1S/C21H31NO6/c1-4-26-16-12-15(13-17(27-5-2)18(16)28-6-3)19(23)22-14-21(20(24)25)10-8-7-9-11-21/h12-13H,4-11,14H2,1-3H3,(H,22,23)(H,24,25). The highest BCUT2D eigenvalue weighted by Crippen LogP contribution is 2.39. The second-order valence-corrected chi connectivity index (χ2v) is 6.93. The van der Waals surface area contributed by atoms with Gasteiger partial charge in [0.2, 0.25) is 5.75 Å². The summed E-state index contributed by atoms with van der Waals surface area (Å²) >= 11 is 0. The molecule has 156 valence electrons. The lowest BCUT2D eigenvalue weighted by molar-refractivity contribution is -0.150. The van der Waals surface area contributed by atoms with Crippen LogP contribution in [0.25, 0.3) is 0 Å². The highest BCUT2D eigenvalue weighted by Gasteiger charge is 2.39. The number of amides is 1. The molecular weight excluding hydrogens is 362 g/mol. The van der Waals surface area contributed by atoms with Crippen molar-refractivity contribution < 1.29 is 28.9 Å². The van der Waals surface area contributed by atoms with Crippen molar-refractivity contribution in [3.63, 3.8) is 0 Å². The molecule has 0 unspecified atom stereocenters. The first-order valence-corrected chi connectivity index (χ1v) is 10.1. The van der Waals surface area contributed by atoms with E-state index in [2.05, 4.69) is 5.32 Å². The van der Waals surface area contributed by atoms with Crippen molar-refractivity contribution in [2.24, 2.45) is 5.41 Å². The van der Waals surface area contributed by atoms with E-state index in [1.165, 1.54) is 0 Å². The third-order valence-corrected chi connectivity index (χ3v) is 5.02. The van der Waals surface area contributed by atoms with E-state index in [0.29, 0.717) is 55.5 Å². The molecule has 7 heteroatoms. The van der Waals surface area contributed by atoms with Crippen LogP contribution in [0, 0.1) is 5.41 Å². The number of nitrogens with one attached hydrogen (secondary N) is 1. The minimum atomic E-state index is -0.884. The Bertz CT molecular complexity index is 654. The molecule has 1 saturated carbocycles. The fraction of sp³-hybridized carbons (Fsp3) is 0.619. The predicted molar refractivity (Wildman–Crippen MR) is 105 cm³/mol. The summed E-state index contributed by atoms with van der Waals surface area (Å²) in [5.74, 6) is 0.148. The molecule has 7 nitrogen and oxygen atoms in total. The number of hydrogen-bond acceptors (Lipinski definition) is 5. The summed E-state index contributed by atoms with van der Waals surface area (Å²) in [6, 6.07) is 3.22. The van der Waals surface area contributed by atoms with Crippen molar-refractivity contribution in [1.29, 1.82) is 0 Å². The van der Waals surface area contributed by atoms with E-state index in [-0.39, 0.29) is 12.5 Å². The van der Waals surface area contributed by atoms with Crippen LogP contribution in [0.1, 0.15) is 63.2 Å². The van der Waals surface area contributed by atoms with Crippen LogP contribution in [0.3, 0.4) is 0 Å². The fourth-order valence-electron chi connectivity index (χ4n) is 3.57.